The predicted molar refractivity (Wildman–Crippen MR) is 61.9 cm³/mol. The number of fused-ring (bicyclic) bond motifs is 1. The average molecular weight is 229 g/mol. The topological polar surface area (TPSA) is 58.4 Å². The van der Waals surface area contributed by atoms with E-state index in [1.165, 1.54) is 4.90 Å². The maximum Gasteiger partial charge on any atom is 0.413 e. The van der Waals surface area contributed by atoms with Gasteiger partial charge in [0.15, 0.2) is 0 Å². The molecule has 0 aliphatic carbocycles. The van der Waals surface area contributed by atoms with E-state index in [4.69, 9.17) is 0 Å². The van der Waals surface area contributed by atoms with E-state index in [9.17, 15) is 9.90 Å². The van der Waals surface area contributed by atoms with Gasteiger partial charge in [0.25, 0.3) is 0 Å². The maximum absolute atomic E-state index is 11.4. The van der Waals surface area contributed by atoms with Gasteiger partial charge in [0.2, 0.25) is 0 Å². The molecule has 1 aromatic heterocycles. The summed E-state index contributed by atoms with van der Waals surface area (Å²) < 4.78 is 1.67. The summed E-state index contributed by atoms with van der Waals surface area (Å²) in [4.78, 5) is 12.7. The fourth-order valence-corrected chi connectivity index (χ4v) is 2.27. The SMILES string of the molecule is O=C(O)N1c2ccccc2CC1n1cccn1. The van der Waals surface area contributed by atoms with Crippen molar-refractivity contribution in [1.82, 2.24) is 9.78 Å². The minimum Gasteiger partial charge on any atom is -0.465 e. The van der Waals surface area contributed by atoms with Crippen molar-refractivity contribution in [2.75, 3.05) is 4.90 Å². The Hall–Kier alpha value is -2.30. The zero-order valence-electron chi connectivity index (χ0n) is 9.02. The Morgan fingerprint density at radius 1 is 1.35 bits per heavy atom. The van der Waals surface area contributed by atoms with Crippen LogP contribution >= 0.6 is 0 Å². The van der Waals surface area contributed by atoms with E-state index >= 15 is 0 Å². The lowest BCUT2D eigenvalue weighted by molar-refractivity contribution is 0.196. The number of para-hydroxylation sites is 1. The number of amides is 1. The first-order chi connectivity index (χ1) is 8.27. The van der Waals surface area contributed by atoms with E-state index in [1.54, 1.807) is 23.1 Å². The number of aromatic nitrogens is 2. The molecular weight excluding hydrogens is 218 g/mol. The lowest BCUT2D eigenvalue weighted by Gasteiger charge is -2.22. The molecule has 0 radical (unpaired) electrons. The highest BCUT2D eigenvalue weighted by Crippen LogP contribution is 2.36. The minimum atomic E-state index is -0.949. The van der Waals surface area contributed by atoms with Gasteiger partial charge < -0.3 is 5.11 Å². The van der Waals surface area contributed by atoms with Crippen LogP contribution in [0.1, 0.15) is 11.7 Å². The number of nitrogens with zero attached hydrogens (tertiary/aromatic N) is 3. The second-order valence-corrected chi connectivity index (χ2v) is 3.95. The monoisotopic (exact) mass is 229 g/mol. The number of hydrogen-bond acceptors (Lipinski definition) is 2. The molecule has 1 aliphatic heterocycles. The van der Waals surface area contributed by atoms with E-state index < -0.39 is 6.09 Å². The Morgan fingerprint density at radius 2 is 2.18 bits per heavy atom. The van der Waals surface area contributed by atoms with Crippen LogP contribution in [0.4, 0.5) is 10.5 Å². The van der Waals surface area contributed by atoms with Crippen LogP contribution < -0.4 is 4.90 Å². The van der Waals surface area contributed by atoms with Crippen LogP contribution in [0.25, 0.3) is 0 Å². The normalized spacial score (nSPS) is 18.1. The molecule has 5 nitrogen and oxygen atoms in total. The summed E-state index contributed by atoms with van der Waals surface area (Å²) in [7, 11) is 0. The van der Waals surface area contributed by atoms with Crippen LogP contribution in [0.2, 0.25) is 0 Å². The second kappa shape index (κ2) is 3.62. The van der Waals surface area contributed by atoms with Gasteiger partial charge in [-0.15, -0.1) is 0 Å². The lowest BCUT2D eigenvalue weighted by Crippen LogP contribution is -2.34. The summed E-state index contributed by atoms with van der Waals surface area (Å²) in [5, 5.41) is 13.4. The Morgan fingerprint density at radius 3 is 2.88 bits per heavy atom. The van der Waals surface area contributed by atoms with Gasteiger partial charge in [-0.1, -0.05) is 18.2 Å². The molecular formula is C12H11N3O2. The highest BCUT2D eigenvalue weighted by atomic mass is 16.4. The van der Waals surface area contributed by atoms with E-state index in [-0.39, 0.29) is 6.17 Å². The standard InChI is InChI=1S/C12H11N3O2/c16-12(17)15-10-5-2-1-4-9(10)8-11(15)14-7-3-6-13-14/h1-7,11H,8H2,(H,16,17). The molecule has 0 fully saturated rings. The van der Waals surface area contributed by atoms with Crippen molar-refractivity contribution in [3.63, 3.8) is 0 Å². The molecule has 2 aromatic rings. The molecule has 1 atom stereocenters. The number of hydrogen-bond donors (Lipinski definition) is 1. The van der Waals surface area contributed by atoms with Crippen LogP contribution in [-0.4, -0.2) is 21.0 Å². The van der Waals surface area contributed by atoms with Crippen molar-refractivity contribution in [3.8, 4) is 0 Å². The van der Waals surface area contributed by atoms with Crippen molar-refractivity contribution in [2.24, 2.45) is 0 Å². The summed E-state index contributed by atoms with van der Waals surface area (Å²) in [6, 6.07) is 9.34. The second-order valence-electron chi connectivity index (χ2n) is 3.95. The maximum atomic E-state index is 11.4. The summed E-state index contributed by atoms with van der Waals surface area (Å²) in [6.45, 7) is 0. The molecule has 86 valence electrons. The molecule has 17 heavy (non-hydrogen) atoms. The van der Waals surface area contributed by atoms with Crippen LogP contribution in [0, 0.1) is 0 Å². The largest absolute Gasteiger partial charge is 0.465 e. The molecule has 0 bridgehead atoms. The first kappa shape index (κ1) is 9.89. The summed E-state index contributed by atoms with van der Waals surface area (Å²) in [6.07, 6.45) is 2.87. The van der Waals surface area contributed by atoms with Crippen molar-refractivity contribution < 1.29 is 9.90 Å². The third kappa shape index (κ3) is 1.47. The third-order valence-corrected chi connectivity index (χ3v) is 2.99. The number of rotatable bonds is 1. The quantitative estimate of drug-likeness (QED) is 0.814. The van der Waals surface area contributed by atoms with Crippen molar-refractivity contribution in [3.05, 3.63) is 48.3 Å². The van der Waals surface area contributed by atoms with Crippen molar-refractivity contribution >= 4 is 11.8 Å². The minimum absolute atomic E-state index is 0.278. The molecule has 1 amide bonds. The number of carbonyl (C=O) groups is 1. The summed E-state index contributed by atoms with van der Waals surface area (Å²) >= 11 is 0. The first-order valence-electron chi connectivity index (χ1n) is 5.36. The molecule has 0 saturated carbocycles. The Balaban J connectivity index is 2.07. The van der Waals surface area contributed by atoms with Crippen LogP contribution in [-0.2, 0) is 6.42 Å². The highest BCUT2D eigenvalue weighted by Gasteiger charge is 2.34. The Labute approximate surface area is 97.9 Å². The average Bonchev–Trinajstić information content (AvgIpc) is 2.95. The third-order valence-electron chi connectivity index (χ3n) is 2.99. The zero-order valence-corrected chi connectivity index (χ0v) is 9.02. The van der Waals surface area contributed by atoms with Gasteiger partial charge >= 0.3 is 6.09 Å². The van der Waals surface area contributed by atoms with Crippen molar-refractivity contribution in [2.45, 2.75) is 12.6 Å². The predicted octanol–water partition coefficient (Wildman–Crippen LogP) is 2.12. The molecule has 1 N–H and O–H groups in total. The molecule has 0 saturated heterocycles. The van der Waals surface area contributed by atoms with Crippen LogP contribution in [0.15, 0.2) is 42.7 Å². The molecule has 3 rings (SSSR count). The molecule has 1 aromatic carbocycles. The number of anilines is 1. The van der Waals surface area contributed by atoms with E-state index in [1.807, 2.05) is 24.3 Å². The van der Waals surface area contributed by atoms with Crippen LogP contribution in [0.3, 0.4) is 0 Å². The molecule has 2 heterocycles. The van der Waals surface area contributed by atoms with Crippen LogP contribution in [0.5, 0.6) is 0 Å². The van der Waals surface area contributed by atoms with E-state index in [0.717, 1.165) is 11.3 Å². The van der Waals surface area contributed by atoms with Gasteiger partial charge in [0.05, 0.1) is 5.69 Å². The van der Waals surface area contributed by atoms with Gasteiger partial charge in [-0.3, -0.25) is 4.90 Å². The summed E-state index contributed by atoms with van der Waals surface area (Å²) in [5.74, 6) is 0. The Kier molecular flexibility index (Phi) is 2.11. The number of benzene rings is 1. The van der Waals surface area contributed by atoms with Gasteiger partial charge in [0, 0.05) is 18.8 Å². The van der Waals surface area contributed by atoms with Gasteiger partial charge in [0.1, 0.15) is 6.17 Å². The van der Waals surface area contributed by atoms with Crippen molar-refractivity contribution in [1.29, 1.82) is 0 Å². The fraction of sp³-hybridized carbons (Fsp3) is 0.167. The molecule has 1 unspecified atom stereocenters. The Bertz CT molecular complexity index is 551. The zero-order chi connectivity index (χ0) is 11.8. The van der Waals surface area contributed by atoms with E-state index in [0.29, 0.717) is 6.42 Å². The molecule has 0 spiro atoms. The van der Waals surface area contributed by atoms with Gasteiger partial charge in [-0.2, -0.15) is 5.10 Å². The number of carboxylic acid groups (broad SMARTS) is 1. The first-order valence-corrected chi connectivity index (χ1v) is 5.36. The summed E-state index contributed by atoms with van der Waals surface area (Å²) in [5.41, 5.74) is 1.79. The van der Waals surface area contributed by atoms with Gasteiger partial charge in [-0.25, -0.2) is 9.48 Å². The fourth-order valence-electron chi connectivity index (χ4n) is 2.27. The van der Waals surface area contributed by atoms with E-state index in [2.05, 4.69) is 5.10 Å². The molecule has 5 heteroatoms. The molecule has 1 aliphatic rings. The van der Waals surface area contributed by atoms with Gasteiger partial charge in [-0.05, 0) is 17.7 Å². The highest BCUT2D eigenvalue weighted by molar-refractivity contribution is 5.89. The lowest BCUT2D eigenvalue weighted by atomic mass is 10.1. The smallest absolute Gasteiger partial charge is 0.413 e.